The van der Waals surface area contributed by atoms with Gasteiger partial charge in [0.05, 0.1) is 0 Å². The summed E-state index contributed by atoms with van der Waals surface area (Å²) in [6, 6.07) is 43.9. The van der Waals surface area contributed by atoms with E-state index in [-0.39, 0.29) is 124 Å². The van der Waals surface area contributed by atoms with Gasteiger partial charge in [0.2, 0.25) is 0 Å². The Bertz CT molecular complexity index is 7410. The van der Waals surface area contributed by atoms with E-state index < -0.39 is 153 Å². The molecule has 17 aromatic rings. The Hall–Kier alpha value is -10.9. The molecule has 1 atom stereocenters. The Balaban J connectivity index is 1.09. The minimum absolute atomic E-state index is 0.00892. The van der Waals surface area contributed by atoms with E-state index in [1.807, 2.05) is 137 Å². The molecule has 0 aliphatic carbocycles. The van der Waals surface area contributed by atoms with Crippen molar-refractivity contribution in [3.05, 3.63) is 323 Å². The van der Waals surface area contributed by atoms with Gasteiger partial charge in [0.25, 0.3) is 0 Å². The zero-order valence-corrected chi connectivity index (χ0v) is 62.1. The third-order valence-corrected chi connectivity index (χ3v) is 25.0. The summed E-state index contributed by atoms with van der Waals surface area (Å²) in [6.45, 7) is 20.5. The van der Waals surface area contributed by atoms with Crippen LogP contribution in [0.25, 0.3) is 117 Å². The van der Waals surface area contributed by atoms with Gasteiger partial charge in [-0.05, 0) is 0 Å². The molecular formula is C97H77N5Se2. The number of benzene rings is 13. The number of nitriles is 1. The molecule has 5 nitrogen and oxygen atoms in total. The fraction of sp³-hybridized carbons (Fsp3) is 0.144. The van der Waals surface area contributed by atoms with Crippen LogP contribution < -0.4 is 9.80 Å². The molecule has 4 aromatic heterocycles. The van der Waals surface area contributed by atoms with Gasteiger partial charge in [-0.25, -0.2) is 0 Å². The van der Waals surface area contributed by atoms with Crippen LogP contribution >= 0.6 is 0 Å². The first-order valence-corrected chi connectivity index (χ1v) is 38.1. The van der Waals surface area contributed by atoms with Crippen molar-refractivity contribution in [1.29, 1.82) is 5.26 Å². The molecular weight excluding hydrogens is 1390 g/mol. The van der Waals surface area contributed by atoms with Crippen LogP contribution in [0.5, 0.6) is 0 Å². The van der Waals surface area contributed by atoms with Gasteiger partial charge >= 0.3 is 652 Å². The number of anilines is 6. The molecule has 1 unspecified atom stereocenters. The zero-order chi connectivity index (χ0) is 88.2. The van der Waals surface area contributed by atoms with E-state index in [1.54, 1.807) is 6.92 Å². The van der Waals surface area contributed by atoms with Crippen LogP contribution in [0.3, 0.4) is 0 Å². The summed E-state index contributed by atoms with van der Waals surface area (Å²) in [7, 11) is 0. The summed E-state index contributed by atoms with van der Waals surface area (Å²) >= 11 is -2.36. The van der Waals surface area contributed by atoms with Crippen molar-refractivity contribution in [2.45, 2.75) is 91.4 Å². The molecule has 0 saturated carbocycles. The van der Waals surface area contributed by atoms with Gasteiger partial charge in [0, 0.05) is 0 Å². The summed E-state index contributed by atoms with van der Waals surface area (Å²) in [5.74, 6) is -1.55. The first kappa shape index (κ1) is 45.9. The molecule has 0 fully saturated rings. The molecule has 104 heavy (non-hydrogen) atoms. The van der Waals surface area contributed by atoms with E-state index in [2.05, 4.69) is 98.7 Å². The quantitative estimate of drug-likeness (QED) is 0.142. The Kier molecular flexibility index (Phi) is 10.5. The number of hydrogen-bond acceptors (Lipinski definition) is 3. The molecule has 0 spiro atoms. The normalized spacial score (nSPS) is 16.4. The van der Waals surface area contributed by atoms with E-state index >= 15 is 0 Å². The second kappa shape index (κ2) is 23.8. The third-order valence-electron chi connectivity index (χ3n) is 20.4. The monoisotopic (exact) mass is 1490 g/mol. The van der Waals surface area contributed by atoms with Crippen LogP contribution in [-0.4, -0.2) is 38.1 Å². The molecule has 2 aliphatic rings. The molecule has 0 saturated heterocycles. The molecule has 6 heterocycles. The van der Waals surface area contributed by atoms with Gasteiger partial charge < -0.3 is 0 Å². The second-order valence-corrected chi connectivity index (χ2v) is 34.2. The number of hydrogen-bond donors (Lipinski definition) is 0. The average Bonchev–Trinajstić information content (AvgIpc) is 0.948. The number of para-hydroxylation sites is 2. The van der Waals surface area contributed by atoms with E-state index in [4.69, 9.17) is 1.37 Å². The number of nitrogens with zero attached hydrogens (tertiary/aromatic N) is 5. The number of aromatic nitrogens is 2. The average molecular weight is 1490 g/mol. The van der Waals surface area contributed by atoms with Crippen LogP contribution in [0.2, 0.25) is 0 Å². The predicted molar refractivity (Wildman–Crippen MR) is 442 cm³/mol. The van der Waals surface area contributed by atoms with E-state index in [1.165, 1.54) is 9.13 Å². The van der Waals surface area contributed by atoms with Crippen molar-refractivity contribution < 1.29 is 27.4 Å². The molecule has 0 N–H and O–H groups in total. The van der Waals surface area contributed by atoms with Crippen molar-refractivity contribution in [3.8, 4) is 62.0 Å². The SMILES string of the molecule is [2H]c1c([2H])c(-n2c3[se]c4c([2H])c([2H])c(C)c([2H])c4c3c3c([2H])c([2H])c([2H])c([2H])c32)c([2H])c2c1C1c3c(cc(C(C)(C)C)cc3N(c3c(-c4ccccc4)cc(C(C)(C)C)cc3-c3ccccc3)c3c([2H])c(-n4c5[se]c6c([2H])c([2H])c(C#N)c([2H])c6c5c5c([2H])c([2H])c([2H])c([2H])c54)c([2H])c([2H])c31)N2c1c(-c2ccccc2)cc(C(C)(C)C)cc1-c1ccccc1. The Morgan fingerprint density at radius 3 is 1.16 bits per heavy atom. The molecule has 0 bridgehead atoms. The topological polar surface area (TPSA) is 40.1 Å². The van der Waals surface area contributed by atoms with E-state index in [0.29, 0.717) is 56.1 Å². The van der Waals surface area contributed by atoms with Gasteiger partial charge in [-0.15, -0.1) is 0 Å². The standard InChI is InChI=1S/C97H77N5Se2/c1-58-39-45-85-77(47-58)88-69-35-23-25-37-79(69)99(93(88)103-85)67-41-43-71-81(55-67)101(91-73(60-27-15-11-16-28-60)49-64(95(2,3)4)50-74(91)61-29-17-12-18-30-61)83-53-66(97(8,9)10)54-84-90(83)87(71)72-44-42-68(100-80-38-26-24-36-70(80)89-78-48-59(57-98)40-46-86(78)104-94(89)100)56-82(72)102(84)92-75(62-31-19-13-20-32-62)51-65(96(5,6)7)52-76(92)63-33-21-14-22-34-63/h11-56,87H,1-10H3/i23D,24D,25D,26D,35D,36D,37D,38D,39D,40D,41D,42D,43D,44D,45D,46D,47D,48D,55D,56D. The van der Waals surface area contributed by atoms with E-state index in [0.717, 1.165) is 33.4 Å². The summed E-state index contributed by atoms with van der Waals surface area (Å²) < 4.78 is 207. The molecule has 2 aliphatic heterocycles. The van der Waals surface area contributed by atoms with Crippen LogP contribution in [0.15, 0.2) is 279 Å². The molecule has 7 heteroatoms. The summed E-state index contributed by atoms with van der Waals surface area (Å²) in [6.07, 6.45) is 0. The van der Waals surface area contributed by atoms with Crippen LogP contribution in [-0.2, 0) is 16.2 Å². The maximum atomic E-state index is 11.9. The molecule has 0 amide bonds. The molecule has 13 aromatic carbocycles. The van der Waals surface area contributed by atoms with Gasteiger partial charge in [-0.3, -0.25) is 0 Å². The fourth-order valence-electron chi connectivity index (χ4n) is 15.3. The van der Waals surface area contributed by atoms with Gasteiger partial charge in [-0.1, -0.05) is 0 Å². The molecule has 19 rings (SSSR count). The summed E-state index contributed by atoms with van der Waals surface area (Å²) in [4.78, 5) is 3.97. The third kappa shape index (κ3) is 10.1. The Labute approximate surface area is 648 Å². The first-order chi connectivity index (χ1) is 58.7. The van der Waals surface area contributed by atoms with Crippen molar-refractivity contribution >= 4 is 124 Å². The van der Waals surface area contributed by atoms with Crippen LogP contribution in [0, 0.1) is 18.3 Å². The maximum absolute atomic E-state index is 11.9. The van der Waals surface area contributed by atoms with Crippen LogP contribution in [0.1, 0.15) is 140 Å². The van der Waals surface area contributed by atoms with Crippen molar-refractivity contribution in [2.24, 2.45) is 0 Å². The number of rotatable bonds is 8. The second-order valence-electron chi connectivity index (χ2n) is 30.0. The van der Waals surface area contributed by atoms with Gasteiger partial charge in [0.15, 0.2) is 0 Å². The van der Waals surface area contributed by atoms with Crippen LogP contribution in [0.4, 0.5) is 34.1 Å². The summed E-state index contributed by atoms with van der Waals surface area (Å²) in [5.41, 5.74) is 6.75. The minimum atomic E-state index is -1.55. The van der Waals surface area contributed by atoms with Gasteiger partial charge in [-0.2, -0.15) is 0 Å². The number of fused-ring (bicyclic) bond motifs is 14. The fourth-order valence-corrected chi connectivity index (χ4v) is 20.0. The Morgan fingerprint density at radius 2 is 0.769 bits per heavy atom. The molecule has 502 valence electrons. The zero-order valence-electron chi connectivity index (χ0n) is 78.6. The molecule has 0 radical (unpaired) electrons. The first-order valence-electron chi connectivity index (χ1n) is 44.7. The van der Waals surface area contributed by atoms with Gasteiger partial charge in [0.1, 0.15) is 0 Å². The predicted octanol–water partition coefficient (Wildman–Crippen LogP) is 25.8. The summed E-state index contributed by atoms with van der Waals surface area (Å²) in [5, 5.41) is 10.9. The van der Waals surface area contributed by atoms with E-state index in [9.17, 15) is 31.3 Å². The Morgan fingerprint density at radius 1 is 0.394 bits per heavy atom. The van der Waals surface area contributed by atoms with Crippen molar-refractivity contribution in [2.75, 3.05) is 9.80 Å². The van der Waals surface area contributed by atoms with Crippen molar-refractivity contribution in [3.63, 3.8) is 0 Å². The van der Waals surface area contributed by atoms with Crippen molar-refractivity contribution in [1.82, 2.24) is 9.13 Å².